The topological polar surface area (TPSA) is 55.3 Å². The molecule has 4 aromatic carbocycles. The van der Waals surface area contributed by atoms with E-state index in [4.69, 9.17) is 4.74 Å². The van der Waals surface area contributed by atoms with E-state index in [-0.39, 0.29) is 17.9 Å². The largest absolute Gasteiger partial charge is 0.489 e. The van der Waals surface area contributed by atoms with Gasteiger partial charge in [0, 0.05) is 41.0 Å². The molecular formula is C38H41N3O2. The highest BCUT2D eigenvalue weighted by molar-refractivity contribution is 6.03. The number of hydrogen-bond donors (Lipinski definition) is 2. The highest BCUT2D eigenvalue weighted by Crippen LogP contribution is 2.42. The van der Waals surface area contributed by atoms with Crippen LogP contribution in [0.25, 0.3) is 10.9 Å². The standard InChI is InChI=1S/C38H41N3O2/c1-3-24-40-38(42)37-36(32-17-10-11-19-34(32)41(37)27(2)33-18-12-25-39-33)35(29-15-8-5-9-16-29)30-20-22-31(23-21-30)43-26-28-13-6-4-7-14-28/h4-11,13-17,19-23,27,33,35,39H,3,12,18,24-26H2,1-2H3,(H,40,42). The molecule has 0 bridgehead atoms. The summed E-state index contributed by atoms with van der Waals surface area (Å²) < 4.78 is 8.44. The van der Waals surface area contributed by atoms with E-state index in [1.807, 2.05) is 24.3 Å². The number of rotatable bonds is 11. The third-order valence-corrected chi connectivity index (χ3v) is 8.67. The molecule has 0 radical (unpaired) electrons. The zero-order chi connectivity index (χ0) is 29.6. The smallest absolute Gasteiger partial charge is 0.268 e. The number of aromatic nitrogens is 1. The Balaban J connectivity index is 1.49. The Kier molecular flexibility index (Phi) is 8.90. The van der Waals surface area contributed by atoms with Crippen LogP contribution in [0, 0.1) is 0 Å². The van der Waals surface area contributed by atoms with Crippen LogP contribution < -0.4 is 15.4 Å². The summed E-state index contributed by atoms with van der Waals surface area (Å²) in [5, 5.41) is 8.05. The van der Waals surface area contributed by atoms with Crippen LogP contribution >= 0.6 is 0 Å². The minimum Gasteiger partial charge on any atom is -0.489 e. The molecule has 1 aliphatic heterocycles. The minimum atomic E-state index is -0.137. The Labute approximate surface area is 254 Å². The van der Waals surface area contributed by atoms with E-state index in [2.05, 4.69) is 114 Å². The zero-order valence-electron chi connectivity index (χ0n) is 25.1. The van der Waals surface area contributed by atoms with E-state index >= 15 is 0 Å². The summed E-state index contributed by atoms with van der Waals surface area (Å²) in [6.45, 7) is 6.52. The van der Waals surface area contributed by atoms with Crippen LogP contribution in [0.2, 0.25) is 0 Å². The number of ether oxygens (including phenoxy) is 1. The first-order chi connectivity index (χ1) is 21.2. The lowest BCUT2D eigenvalue weighted by Crippen LogP contribution is -2.35. The summed E-state index contributed by atoms with van der Waals surface area (Å²) in [6, 6.07) is 38.1. The molecule has 1 aromatic heterocycles. The molecule has 1 saturated heterocycles. The first-order valence-electron chi connectivity index (χ1n) is 15.6. The molecule has 2 N–H and O–H groups in total. The van der Waals surface area contributed by atoms with Crippen molar-refractivity contribution in [1.29, 1.82) is 0 Å². The second kappa shape index (κ2) is 13.3. The third kappa shape index (κ3) is 6.09. The lowest BCUT2D eigenvalue weighted by molar-refractivity contribution is 0.0941. The van der Waals surface area contributed by atoms with Crippen molar-refractivity contribution in [2.75, 3.05) is 13.1 Å². The summed E-state index contributed by atoms with van der Waals surface area (Å²) in [5.41, 5.74) is 6.32. The molecule has 5 nitrogen and oxygen atoms in total. The van der Waals surface area contributed by atoms with Crippen LogP contribution in [0.3, 0.4) is 0 Å². The van der Waals surface area contributed by atoms with Gasteiger partial charge in [0.15, 0.2) is 0 Å². The molecule has 1 fully saturated rings. The van der Waals surface area contributed by atoms with Crippen LogP contribution in [-0.4, -0.2) is 29.6 Å². The number of fused-ring (bicyclic) bond motifs is 1. The summed E-state index contributed by atoms with van der Waals surface area (Å²) in [7, 11) is 0. The number of carbonyl (C=O) groups is 1. The van der Waals surface area contributed by atoms with Crippen LogP contribution in [-0.2, 0) is 6.61 Å². The Morgan fingerprint density at radius 1 is 0.907 bits per heavy atom. The second-order valence-corrected chi connectivity index (χ2v) is 11.5. The fraction of sp³-hybridized carbons (Fsp3) is 0.289. The molecule has 5 heteroatoms. The Morgan fingerprint density at radius 2 is 1.58 bits per heavy atom. The number of nitrogens with one attached hydrogen (secondary N) is 2. The quantitative estimate of drug-likeness (QED) is 0.170. The molecule has 6 rings (SSSR count). The number of benzene rings is 4. The normalized spacial score (nSPS) is 16.2. The van der Waals surface area contributed by atoms with E-state index in [1.54, 1.807) is 0 Å². The Morgan fingerprint density at radius 3 is 2.28 bits per heavy atom. The van der Waals surface area contributed by atoms with Crippen molar-refractivity contribution in [3.8, 4) is 5.75 Å². The molecule has 1 amide bonds. The number of para-hydroxylation sites is 1. The average molecular weight is 572 g/mol. The highest BCUT2D eigenvalue weighted by Gasteiger charge is 2.34. The van der Waals surface area contributed by atoms with Gasteiger partial charge < -0.3 is 19.9 Å². The molecule has 3 unspecified atom stereocenters. The van der Waals surface area contributed by atoms with Gasteiger partial charge >= 0.3 is 0 Å². The monoisotopic (exact) mass is 571 g/mol. The van der Waals surface area contributed by atoms with Gasteiger partial charge in [-0.15, -0.1) is 0 Å². The summed E-state index contributed by atoms with van der Waals surface area (Å²) in [4.78, 5) is 14.2. The second-order valence-electron chi connectivity index (χ2n) is 11.5. The molecule has 0 saturated carbocycles. The number of amides is 1. The zero-order valence-corrected chi connectivity index (χ0v) is 25.1. The summed E-state index contributed by atoms with van der Waals surface area (Å²) in [5.74, 6) is 0.673. The first kappa shape index (κ1) is 28.8. The number of carbonyl (C=O) groups excluding carboxylic acids is 1. The number of hydrogen-bond acceptors (Lipinski definition) is 3. The van der Waals surface area contributed by atoms with Gasteiger partial charge in [0.1, 0.15) is 18.1 Å². The predicted molar refractivity (Wildman–Crippen MR) is 175 cm³/mol. The van der Waals surface area contributed by atoms with Gasteiger partial charge in [-0.2, -0.15) is 0 Å². The van der Waals surface area contributed by atoms with Crippen LogP contribution in [0.4, 0.5) is 0 Å². The predicted octanol–water partition coefficient (Wildman–Crippen LogP) is 7.85. The van der Waals surface area contributed by atoms with E-state index < -0.39 is 0 Å². The molecule has 1 aliphatic rings. The van der Waals surface area contributed by atoms with Gasteiger partial charge in [0.25, 0.3) is 5.91 Å². The average Bonchev–Trinajstić information content (AvgIpc) is 3.72. The van der Waals surface area contributed by atoms with Crippen LogP contribution in [0.5, 0.6) is 5.75 Å². The SMILES string of the molecule is CCCNC(=O)c1c(C(c2ccccc2)c2ccc(OCc3ccccc3)cc2)c2ccccc2n1C(C)C1CCCN1. The molecule has 2 heterocycles. The lowest BCUT2D eigenvalue weighted by Gasteiger charge is -2.26. The van der Waals surface area contributed by atoms with E-state index in [0.717, 1.165) is 70.4 Å². The van der Waals surface area contributed by atoms with Gasteiger partial charge in [0.05, 0.1) is 0 Å². The van der Waals surface area contributed by atoms with E-state index in [1.165, 1.54) is 0 Å². The van der Waals surface area contributed by atoms with Crippen molar-refractivity contribution < 1.29 is 9.53 Å². The van der Waals surface area contributed by atoms with Gasteiger partial charge in [0.2, 0.25) is 0 Å². The Bertz CT molecular complexity index is 1640. The molecular weight excluding hydrogens is 530 g/mol. The van der Waals surface area contributed by atoms with Crippen molar-refractivity contribution in [3.05, 3.63) is 137 Å². The molecule has 220 valence electrons. The first-order valence-corrected chi connectivity index (χ1v) is 15.6. The van der Waals surface area contributed by atoms with Crippen molar-refractivity contribution in [1.82, 2.24) is 15.2 Å². The lowest BCUT2D eigenvalue weighted by atomic mass is 9.83. The molecule has 43 heavy (non-hydrogen) atoms. The van der Waals surface area contributed by atoms with Crippen LogP contribution in [0.15, 0.2) is 109 Å². The maximum Gasteiger partial charge on any atom is 0.268 e. The fourth-order valence-electron chi connectivity index (χ4n) is 6.53. The Hall–Kier alpha value is -4.35. The van der Waals surface area contributed by atoms with Crippen molar-refractivity contribution in [3.63, 3.8) is 0 Å². The van der Waals surface area contributed by atoms with E-state index in [0.29, 0.717) is 19.2 Å². The highest BCUT2D eigenvalue weighted by atomic mass is 16.5. The number of nitrogens with zero attached hydrogens (tertiary/aromatic N) is 1. The third-order valence-electron chi connectivity index (χ3n) is 8.67. The van der Waals surface area contributed by atoms with Gasteiger partial charge in [-0.25, -0.2) is 0 Å². The van der Waals surface area contributed by atoms with Crippen molar-refractivity contribution >= 4 is 16.8 Å². The van der Waals surface area contributed by atoms with Crippen molar-refractivity contribution in [2.45, 2.75) is 57.7 Å². The molecule has 3 atom stereocenters. The van der Waals surface area contributed by atoms with Crippen molar-refractivity contribution in [2.24, 2.45) is 0 Å². The maximum atomic E-state index is 14.2. The minimum absolute atomic E-state index is 0.0124. The molecule has 5 aromatic rings. The van der Waals surface area contributed by atoms with Gasteiger partial charge in [-0.1, -0.05) is 97.9 Å². The molecule has 0 aliphatic carbocycles. The molecule has 0 spiro atoms. The summed E-state index contributed by atoms with van der Waals surface area (Å²) in [6.07, 6.45) is 3.14. The fourth-order valence-corrected chi connectivity index (χ4v) is 6.53. The van der Waals surface area contributed by atoms with E-state index in [9.17, 15) is 4.79 Å². The van der Waals surface area contributed by atoms with Crippen LogP contribution in [0.1, 0.15) is 77.8 Å². The summed E-state index contributed by atoms with van der Waals surface area (Å²) >= 11 is 0. The van der Waals surface area contributed by atoms with Gasteiger partial charge in [-0.3, -0.25) is 4.79 Å². The maximum absolute atomic E-state index is 14.2. The van der Waals surface area contributed by atoms with Gasteiger partial charge in [-0.05, 0) is 67.6 Å².